The first-order valence-corrected chi connectivity index (χ1v) is 10.5. The number of rotatable bonds is 6. The Balaban J connectivity index is 1.89. The Kier molecular flexibility index (Phi) is 8.76. The lowest BCUT2D eigenvalue weighted by Gasteiger charge is -2.35. The minimum Gasteiger partial charge on any atom is -0.444 e. The molecule has 1 heterocycles. The summed E-state index contributed by atoms with van der Waals surface area (Å²) < 4.78 is 5.49. The second kappa shape index (κ2) is 11.0. The van der Waals surface area contributed by atoms with Crippen molar-refractivity contribution in [3.8, 4) is 0 Å². The Morgan fingerprint density at radius 1 is 1.34 bits per heavy atom. The molecule has 0 bridgehead atoms. The fourth-order valence-electron chi connectivity index (χ4n) is 3.25. The zero-order chi connectivity index (χ0) is 21.3. The third-order valence-electron chi connectivity index (χ3n) is 4.53. The summed E-state index contributed by atoms with van der Waals surface area (Å²) in [4.78, 5) is 18.6. The van der Waals surface area contributed by atoms with Gasteiger partial charge in [-0.25, -0.2) is 4.79 Å². The monoisotopic (exact) mass is 404 g/mol. The molecule has 7 heteroatoms. The van der Waals surface area contributed by atoms with E-state index in [4.69, 9.17) is 4.74 Å². The van der Waals surface area contributed by atoms with Gasteiger partial charge in [0.2, 0.25) is 0 Å². The Morgan fingerprint density at radius 2 is 2.07 bits per heavy atom. The van der Waals surface area contributed by atoms with Crippen LogP contribution in [-0.2, 0) is 11.2 Å². The average Bonchev–Trinajstić information content (AvgIpc) is 2.66. The quantitative estimate of drug-likeness (QED) is 0.501. The minimum absolute atomic E-state index is 0.0975. The van der Waals surface area contributed by atoms with Crippen LogP contribution in [0.25, 0.3) is 0 Å². The number of likely N-dealkylation sites (tertiary alicyclic amines) is 1. The maximum atomic E-state index is 12.4. The van der Waals surface area contributed by atoms with Crippen molar-refractivity contribution in [3.63, 3.8) is 0 Å². The van der Waals surface area contributed by atoms with Crippen molar-refractivity contribution in [3.05, 3.63) is 35.9 Å². The zero-order valence-electron chi connectivity index (χ0n) is 18.1. The number of carbonyl (C=O) groups is 1. The molecule has 1 aromatic rings. The van der Waals surface area contributed by atoms with Crippen LogP contribution in [0.2, 0.25) is 0 Å². The van der Waals surface area contributed by atoms with E-state index >= 15 is 0 Å². The van der Waals surface area contributed by atoms with E-state index < -0.39 is 11.7 Å². The fraction of sp³-hybridized carbons (Fsp3) is 0.636. The zero-order valence-corrected chi connectivity index (χ0v) is 18.1. The van der Waals surface area contributed by atoms with Gasteiger partial charge in [-0.15, -0.1) is 0 Å². The van der Waals surface area contributed by atoms with Gasteiger partial charge < -0.3 is 25.4 Å². The molecule has 29 heavy (non-hydrogen) atoms. The second-order valence-electron chi connectivity index (χ2n) is 8.47. The molecule has 1 aliphatic heterocycles. The van der Waals surface area contributed by atoms with Crippen molar-refractivity contribution in [1.82, 2.24) is 15.5 Å². The van der Waals surface area contributed by atoms with Crippen LogP contribution in [0.5, 0.6) is 0 Å². The summed E-state index contributed by atoms with van der Waals surface area (Å²) in [6, 6.07) is 10.0. The molecule has 2 atom stereocenters. The number of carbonyl (C=O) groups excluding carboxylic acids is 1. The summed E-state index contributed by atoms with van der Waals surface area (Å²) in [5.41, 5.74) is 0.594. The maximum absolute atomic E-state index is 12.4. The topological polar surface area (TPSA) is 86.2 Å². The summed E-state index contributed by atoms with van der Waals surface area (Å²) in [5, 5.41) is 16.9. The number of aliphatic imine (C=N–C) groups is 1. The smallest absolute Gasteiger partial charge is 0.410 e. The van der Waals surface area contributed by atoms with E-state index in [1.165, 1.54) is 0 Å². The maximum Gasteiger partial charge on any atom is 0.410 e. The summed E-state index contributed by atoms with van der Waals surface area (Å²) in [5.74, 6) is 0.663. The molecule has 1 saturated heterocycles. The van der Waals surface area contributed by atoms with Crippen LogP contribution in [0.3, 0.4) is 0 Å². The number of nitrogens with zero attached hydrogens (tertiary/aromatic N) is 2. The Hall–Kier alpha value is -2.28. The SMILES string of the molecule is CCNC(=NCC(O)Cc1ccccc1)NC1CCCN(C(=O)OC(C)(C)C)C1. The predicted molar refractivity (Wildman–Crippen MR) is 116 cm³/mol. The molecule has 0 aromatic heterocycles. The lowest BCUT2D eigenvalue weighted by Crippen LogP contribution is -2.53. The molecule has 162 valence electrons. The van der Waals surface area contributed by atoms with Crippen molar-refractivity contribution in [1.29, 1.82) is 0 Å². The lowest BCUT2D eigenvalue weighted by atomic mass is 10.1. The molecule has 1 aromatic carbocycles. The molecule has 0 spiro atoms. The first-order valence-electron chi connectivity index (χ1n) is 10.5. The number of amides is 1. The van der Waals surface area contributed by atoms with Crippen LogP contribution in [0.15, 0.2) is 35.3 Å². The molecule has 3 N–H and O–H groups in total. The number of guanidine groups is 1. The third kappa shape index (κ3) is 8.73. The standard InChI is InChI=1S/C22H36N4O3/c1-5-23-20(24-15-19(27)14-17-10-7-6-8-11-17)25-18-12-9-13-26(16-18)21(28)29-22(2,3)4/h6-8,10-11,18-19,27H,5,9,12-16H2,1-4H3,(H2,23,24,25). The van der Waals surface area contributed by atoms with Crippen molar-refractivity contribution in [2.45, 2.75) is 64.7 Å². The molecule has 0 saturated carbocycles. The molecule has 1 aliphatic rings. The first kappa shape index (κ1) is 23.0. The Morgan fingerprint density at radius 3 is 2.72 bits per heavy atom. The number of aliphatic hydroxyl groups excluding tert-OH is 1. The van der Waals surface area contributed by atoms with Gasteiger partial charge in [-0.1, -0.05) is 30.3 Å². The van der Waals surface area contributed by atoms with Crippen molar-refractivity contribution in [2.75, 3.05) is 26.2 Å². The molecule has 2 rings (SSSR count). The fourth-order valence-corrected chi connectivity index (χ4v) is 3.25. The number of hydrogen-bond donors (Lipinski definition) is 3. The van der Waals surface area contributed by atoms with Crippen molar-refractivity contribution < 1.29 is 14.6 Å². The van der Waals surface area contributed by atoms with Crippen LogP contribution in [0.4, 0.5) is 4.79 Å². The Labute approximate surface area is 174 Å². The van der Waals surface area contributed by atoms with Crippen LogP contribution < -0.4 is 10.6 Å². The van der Waals surface area contributed by atoms with Gasteiger partial charge in [-0.05, 0) is 46.1 Å². The van der Waals surface area contributed by atoms with Gasteiger partial charge in [-0.3, -0.25) is 4.99 Å². The normalized spacial score (nSPS) is 18.9. The van der Waals surface area contributed by atoms with E-state index in [9.17, 15) is 9.90 Å². The molecule has 0 radical (unpaired) electrons. The van der Waals surface area contributed by atoms with E-state index in [0.717, 1.165) is 24.9 Å². The number of aliphatic hydroxyl groups is 1. The predicted octanol–water partition coefficient (Wildman–Crippen LogP) is 2.54. The molecule has 1 amide bonds. The average molecular weight is 405 g/mol. The van der Waals surface area contributed by atoms with E-state index in [2.05, 4.69) is 15.6 Å². The molecular weight excluding hydrogens is 368 g/mol. The van der Waals surface area contributed by atoms with Gasteiger partial charge in [0.15, 0.2) is 5.96 Å². The van der Waals surface area contributed by atoms with Gasteiger partial charge >= 0.3 is 6.09 Å². The highest BCUT2D eigenvalue weighted by atomic mass is 16.6. The number of piperidine rings is 1. The number of ether oxygens (including phenoxy) is 1. The lowest BCUT2D eigenvalue weighted by molar-refractivity contribution is 0.0193. The highest BCUT2D eigenvalue weighted by Gasteiger charge is 2.28. The number of hydrogen-bond acceptors (Lipinski definition) is 4. The van der Waals surface area contributed by atoms with Gasteiger partial charge in [0.25, 0.3) is 0 Å². The van der Waals surface area contributed by atoms with E-state index in [1.807, 2.05) is 58.0 Å². The molecule has 7 nitrogen and oxygen atoms in total. The summed E-state index contributed by atoms with van der Waals surface area (Å²) >= 11 is 0. The third-order valence-corrected chi connectivity index (χ3v) is 4.53. The van der Waals surface area contributed by atoms with E-state index in [-0.39, 0.29) is 12.1 Å². The van der Waals surface area contributed by atoms with E-state index in [1.54, 1.807) is 4.90 Å². The van der Waals surface area contributed by atoms with Crippen LogP contribution in [0, 0.1) is 0 Å². The van der Waals surface area contributed by atoms with Crippen LogP contribution in [-0.4, -0.2) is 66.0 Å². The largest absolute Gasteiger partial charge is 0.444 e. The molecule has 2 unspecified atom stereocenters. The van der Waals surface area contributed by atoms with Crippen LogP contribution >= 0.6 is 0 Å². The summed E-state index contributed by atoms with van der Waals surface area (Å²) in [6.07, 6.45) is 1.62. The van der Waals surface area contributed by atoms with E-state index in [0.29, 0.717) is 32.0 Å². The first-order chi connectivity index (χ1) is 13.8. The van der Waals surface area contributed by atoms with Crippen molar-refractivity contribution >= 4 is 12.1 Å². The van der Waals surface area contributed by atoms with Gasteiger partial charge in [0, 0.05) is 32.1 Å². The number of benzene rings is 1. The van der Waals surface area contributed by atoms with Gasteiger partial charge in [0.1, 0.15) is 5.60 Å². The summed E-state index contributed by atoms with van der Waals surface area (Å²) in [6.45, 7) is 9.95. The van der Waals surface area contributed by atoms with Crippen molar-refractivity contribution in [2.24, 2.45) is 4.99 Å². The molecular formula is C22H36N4O3. The Bertz CT molecular complexity index is 658. The van der Waals surface area contributed by atoms with Crippen LogP contribution in [0.1, 0.15) is 46.1 Å². The highest BCUT2D eigenvalue weighted by Crippen LogP contribution is 2.15. The second-order valence-corrected chi connectivity index (χ2v) is 8.47. The summed E-state index contributed by atoms with van der Waals surface area (Å²) in [7, 11) is 0. The molecule has 0 aliphatic carbocycles. The minimum atomic E-state index is -0.544. The van der Waals surface area contributed by atoms with Gasteiger partial charge in [-0.2, -0.15) is 0 Å². The highest BCUT2D eigenvalue weighted by molar-refractivity contribution is 5.80. The number of nitrogens with one attached hydrogen (secondary N) is 2. The molecule has 1 fully saturated rings. The van der Waals surface area contributed by atoms with Gasteiger partial charge in [0.05, 0.1) is 12.6 Å².